The summed E-state index contributed by atoms with van der Waals surface area (Å²) in [7, 11) is 1.91. The number of amides is 1. The number of carbonyl (C=O) groups excluding carboxylic acids is 1. The Morgan fingerprint density at radius 3 is 2.08 bits per heavy atom. The average molecular weight is 345 g/mol. The smallest absolute Gasteiger partial charge is 0.227 e. The van der Waals surface area contributed by atoms with Gasteiger partial charge >= 0.3 is 0 Å². The summed E-state index contributed by atoms with van der Waals surface area (Å²) in [6, 6.07) is 18.3. The molecule has 0 saturated heterocycles. The highest BCUT2D eigenvalue weighted by Gasteiger charge is 2.31. The van der Waals surface area contributed by atoms with Crippen molar-refractivity contribution in [3.05, 3.63) is 71.3 Å². The van der Waals surface area contributed by atoms with E-state index in [1.165, 1.54) is 11.1 Å². The fourth-order valence-electron chi connectivity index (χ4n) is 3.43. The van der Waals surface area contributed by atoms with Gasteiger partial charge in [-0.3, -0.25) is 4.79 Å². The number of likely N-dealkylation sites (N-methyl/N-ethyl adjacent to an activating group) is 1. The molecule has 2 N–H and O–H groups in total. The zero-order valence-electron chi connectivity index (χ0n) is 14.2. The SMILES string of the molecule is CC(C(=O)N(C)C1Cc2ccccc2C1)C(N)c1ccccc1.Cl. The van der Waals surface area contributed by atoms with E-state index < -0.39 is 0 Å². The molecule has 3 nitrogen and oxygen atoms in total. The molecule has 2 aromatic carbocycles. The Morgan fingerprint density at radius 1 is 1.04 bits per heavy atom. The Balaban J connectivity index is 0.00000208. The lowest BCUT2D eigenvalue weighted by atomic mass is 9.93. The Morgan fingerprint density at radius 2 is 1.54 bits per heavy atom. The lowest BCUT2D eigenvalue weighted by molar-refractivity contribution is -0.136. The molecule has 0 radical (unpaired) electrons. The van der Waals surface area contributed by atoms with Gasteiger partial charge in [-0.05, 0) is 29.5 Å². The number of halogens is 1. The quantitative estimate of drug-likeness (QED) is 0.924. The van der Waals surface area contributed by atoms with E-state index in [1.807, 2.05) is 49.2 Å². The monoisotopic (exact) mass is 344 g/mol. The Kier molecular flexibility index (Phi) is 6.03. The third kappa shape index (κ3) is 3.63. The molecule has 4 heteroatoms. The highest BCUT2D eigenvalue weighted by molar-refractivity contribution is 5.85. The summed E-state index contributed by atoms with van der Waals surface area (Å²) in [4.78, 5) is 14.7. The van der Waals surface area contributed by atoms with Gasteiger partial charge in [0.05, 0.1) is 5.92 Å². The number of rotatable bonds is 4. The number of nitrogens with two attached hydrogens (primary N) is 1. The van der Waals surface area contributed by atoms with Gasteiger partial charge in [-0.15, -0.1) is 12.4 Å². The Hall–Kier alpha value is -1.84. The normalized spacial score (nSPS) is 16.0. The molecule has 3 rings (SSSR count). The van der Waals surface area contributed by atoms with Crippen LogP contribution in [0.3, 0.4) is 0 Å². The molecular weight excluding hydrogens is 320 g/mol. The second kappa shape index (κ2) is 7.82. The minimum absolute atomic E-state index is 0. The van der Waals surface area contributed by atoms with Gasteiger partial charge in [0.25, 0.3) is 0 Å². The third-order valence-electron chi connectivity index (χ3n) is 5.04. The molecule has 0 aliphatic heterocycles. The summed E-state index contributed by atoms with van der Waals surface area (Å²) in [5.41, 5.74) is 10.0. The van der Waals surface area contributed by atoms with Gasteiger partial charge < -0.3 is 10.6 Å². The molecule has 0 bridgehead atoms. The van der Waals surface area contributed by atoms with E-state index >= 15 is 0 Å². The second-order valence-electron chi connectivity index (χ2n) is 6.51. The molecule has 128 valence electrons. The summed E-state index contributed by atoms with van der Waals surface area (Å²) in [6.45, 7) is 1.93. The molecular formula is C20H25ClN2O. The van der Waals surface area contributed by atoms with Crippen LogP contribution >= 0.6 is 12.4 Å². The van der Waals surface area contributed by atoms with Gasteiger partial charge in [-0.1, -0.05) is 61.5 Å². The molecule has 0 saturated carbocycles. The van der Waals surface area contributed by atoms with Crippen LogP contribution in [0.5, 0.6) is 0 Å². The van der Waals surface area contributed by atoms with Crippen molar-refractivity contribution >= 4 is 18.3 Å². The van der Waals surface area contributed by atoms with Crippen molar-refractivity contribution in [3.8, 4) is 0 Å². The molecule has 2 atom stereocenters. The first-order valence-electron chi connectivity index (χ1n) is 8.22. The van der Waals surface area contributed by atoms with Crippen LogP contribution in [0.15, 0.2) is 54.6 Å². The van der Waals surface area contributed by atoms with Crippen LogP contribution in [0, 0.1) is 5.92 Å². The van der Waals surface area contributed by atoms with E-state index in [-0.39, 0.29) is 36.3 Å². The summed E-state index contributed by atoms with van der Waals surface area (Å²) in [6.07, 6.45) is 1.87. The first kappa shape index (κ1) is 18.5. The van der Waals surface area contributed by atoms with Crippen LogP contribution in [-0.2, 0) is 17.6 Å². The Bertz CT molecular complexity index is 664. The van der Waals surface area contributed by atoms with Gasteiger partial charge in [0.1, 0.15) is 0 Å². The van der Waals surface area contributed by atoms with Crippen molar-refractivity contribution in [2.75, 3.05) is 7.05 Å². The average Bonchev–Trinajstić information content (AvgIpc) is 3.04. The van der Waals surface area contributed by atoms with Crippen molar-refractivity contribution < 1.29 is 4.79 Å². The lowest BCUT2D eigenvalue weighted by Gasteiger charge is -2.30. The van der Waals surface area contributed by atoms with Crippen molar-refractivity contribution in [3.63, 3.8) is 0 Å². The van der Waals surface area contributed by atoms with E-state index in [4.69, 9.17) is 5.73 Å². The highest BCUT2D eigenvalue weighted by atomic mass is 35.5. The molecule has 1 aliphatic rings. The number of benzene rings is 2. The summed E-state index contributed by atoms with van der Waals surface area (Å²) in [5.74, 6) is -0.106. The van der Waals surface area contributed by atoms with Crippen molar-refractivity contribution in [1.82, 2.24) is 4.90 Å². The van der Waals surface area contributed by atoms with Gasteiger partial charge in [0.2, 0.25) is 5.91 Å². The van der Waals surface area contributed by atoms with Gasteiger partial charge in [0.15, 0.2) is 0 Å². The maximum atomic E-state index is 12.8. The van der Waals surface area contributed by atoms with Crippen LogP contribution in [0.4, 0.5) is 0 Å². The van der Waals surface area contributed by atoms with Gasteiger partial charge in [-0.25, -0.2) is 0 Å². The summed E-state index contributed by atoms with van der Waals surface area (Å²) >= 11 is 0. The predicted octanol–water partition coefficient (Wildman–Crippen LogP) is 3.37. The lowest BCUT2D eigenvalue weighted by Crippen LogP contribution is -2.43. The van der Waals surface area contributed by atoms with Crippen molar-refractivity contribution in [2.45, 2.75) is 31.8 Å². The molecule has 0 aromatic heterocycles. The molecule has 0 spiro atoms. The second-order valence-corrected chi connectivity index (χ2v) is 6.51. The number of nitrogens with zero attached hydrogens (tertiary/aromatic N) is 1. The van der Waals surface area contributed by atoms with E-state index in [1.54, 1.807) is 0 Å². The molecule has 1 amide bonds. The third-order valence-corrected chi connectivity index (χ3v) is 5.04. The predicted molar refractivity (Wildman–Crippen MR) is 100 cm³/mol. The molecule has 2 aromatic rings. The molecule has 0 heterocycles. The van der Waals surface area contributed by atoms with Crippen LogP contribution in [-0.4, -0.2) is 23.9 Å². The first-order valence-corrected chi connectivity index (χ1v) is 8.22. The van der Waals surface area contributed by atoms with E-state index in [0.29, 0.717) is 0 Å². The van der Waals surface area contributed by atoms with Crippen LogP contribution in [0.1, 0.15) is 29.7 Å². The molecule has 2 unspecified atom stereocenters. The fraction of sp³-hybridized carbons (Fsp3) is 0.350. The maximum absolute atomic E-state index is 12.8. The fourth-order valence-corrected chi connectivity index (χ4v) is 3.43. The van der Waals surface area contributed by atoms with Crippen LogP contribution < -0.4 is 5.73 Å². The maximum Gasteiger partial charge on any atom is 0.227 e. The van der Waals surface area contributed by atoms with Crippen molar-refractivity contribution in [1.29, 1.82) is 0 Å². The van der Waals surface area contributed by atoms with E-state index in [2.05, 4.69) is 24.3 Å². The molecule has 24 heavy (non-hydrogen) atoms. The minimum atomic E-state index is -0.269. The number of fused-ring (bicyclic) bond motifs is 1. The Labute approximate surface area is 150 Å². The van der Waals surface area contributed by atoms with E-state index in [9.17, 15) is 4.79 Å². The number of carbonyl (C=O) groups is 1. The van der Waals surface area contributed by atoms with Crippen molar-refractivity contribution in [2.24, 2.45) is 11.7 Å². The topological polar surface area (TPSA) is 46.3 Å². The number of hydrogen-bond acceptors (Lipinski definition) is 2. The molecule has 1 aliphatic carbocycles. The van der Waals surface area contributed by atoms with Crippen LogP contribution in [0.2, 0.25) is 0 Å². The van der Waals surface area contributed by atoms with Crippen LogP contribution in [0.25, 0.3) is 0 Å². The standard InChI is InChI=1S/C20H24N2O.ClH/c1-14(19(21)15-8-4-3-5-9-15)20(23)22(2)18-12-16-10-6-7-11-17(16)13-18;/h3-11,14,18-19H,12-13,21H2,1-2H3;1H. The zero-order chi connectivity index (χ0) is 16.4. The first-order chi connectivity index (χ1) is 11.1. The minimum Gasteiger partial charge on any atom is -0.342 e. The summed E-state index contributed by atoms with van der Waals surface area (Å²) in [5, 5.41) is 0. The number of hydrogen-bond donors (Lipinski definition) is 1. The molecule has 0 fully saturated rings. The van der Waals surface area contributed by atoms with Gasteiger partial charge in [0, 0.05) is 19.1 Å². The summed E-state index contributed by atoms with van der Waals surface area (Å²) < 4.78 is 0. The highest BCUT2D eigenvalue weighted by Crippen LogP contribution is 2.27. The zero-order valence-corrected chi connectivity index (χ0v) is 15.0. The van der Waals surface area contributed by atoms with E-state index in [0.717, 1.165) is 18.4 Å². The van der Waals surface area contributed by atoms with Gasteiger partial charge in [-0.2, -0.15) is 0 Å². The largest absolute Gasteiger partial charge is 0.342 e.